The van der Waals surface area contributed by atoms with Gasteiger partial charge in [-0.05, 0) is 37.7 Å². The fourth-order valence-corrected chi connectivity index (χ4v) is 5.52. The smallest absolute Gasteiger partial charge is 0.339 e. The zero-order chi connectivity index (χ0) is 15.4. The van der Waals surface area contributed by atoms with Crippen molar-refractivity contribution in [2.75, 3.05) is 4.90 Å². The largest absolute Gasteiger partial charge is 0.478 e. The fourth-order valence-electron chi connectivity index (χ4n) is 4.13. The van der Waals surface area contributed by atoms with Crippen LogP contribution < -0.4 is 4.90 Å². The van der Waals surface area contributed by atoms with Gasteiger partial charge in [0.15, 0.2) is 0 Å². The summed E-state index contributed by atoms with van der Waals surface area (Å²) in [5.74, 6) is -1.86. The number of hydrogen-bond donors (Lipinski definition) is 1. The number of imide groups is 1. The number of carbonyl (C=O) groups excluding carboxylic acids is 2. The highest BCUT2D eigenvalue weighted by atomic mass is 32.1. The zero-order valence-corrected chi connectivity index (χ0v) is 12.9. The average molecular weight is 319 g/mol. The molecule has 2 atom stereocenters. The zero-order valence-electron chi connectivity index (χ0n) is 12.1. The van der Waals surface area contributed by atoms with E-state index in [0.29, 0.717) is 5.00 Å². The lowest BCUT2D eigenvalue weighted by molar-refractivity contribution is -0.122. The summed E-state index contributed by atoms with van der Waals surface area (Å²) in [6.45, 7) is 0. The molecule has 116 valence electrons. The van der Waals surface area contributed by atoms with Crippen LogP contribution in [0.1, 0.15) is 52.9 Å². The molecule has 3 aliphatic rings. The standard InChI is InChI=1S/C16H17NO4S/c18-13-8-4-1-2-5-9(8)14(19)17(13)15-12(16(20)21)10-6-3-7-11(10)22-15/h8-9H,1-7H2,(H,20,21). The topological polar surface area (TPSA) is 74.7 Å². The molecule has 4 rings (SSSR count). The molecule has 1 aromatic rings. The third-order valence-corrected chi connectivity index (χ3v) is 6.44. The summed E-state index contributed by atoms with van der Waals surface area (Å²) in [7, 11) is 0. The van der Waals surface area contributed by atoms with Crippen molar-refractivity contribution >= 4 is 34.1 Å². The number of carbonyl (C=O) groups is 3. The van der Waals surface area contributed by atoms with Crippen LogP contribution in [0.4, 0.5) is 5.00 Å². The van der Waals surface area contributed by atoms with E-state index in [1.54, 1.807) is 0 Å². The lowest BCUT2D eigenvalue weighted by Crippen LogP contribution is -2.31. The Labute approximate surface area is 131 Å². The Kier molecular flexibility index (Phi) is 3.11. The Hall–Kier alpha value is -1.69. The first kappa shape index (κ1) is 13.9. The lowest BCUT2D eigenvalue weighted by atomic mass is 9.81. The number of rotatable bonds is 2. The summed E-state index contributed by atoms with van der Waals surface area (Å²) in [5.41, 5.74) is 1.03. The van der Waals surface area contributed by atoms with E-state index in [2.05, 4.69) is 0 Å². The molecule has 2 unspecified atom stereocenters. The van der Waals surface area contributed by atoms with E-state index in [1.807, 2.05) is 0 Å². The number of carboxylic acid groups (broad SMARTS) is 1. The van der Waals surface area contributed by atoms with Crippen LogP contribution in [0.25, 0.3) is 0 Å². The van der Waals surface area contributed by atoms with Crippen LogP contribution in [0.2, 0.25) is 0 Å². The molecule has 5 nitrogen and oxygen atoms in total. The number of carboxylic acids is 1. The summed E-state index contributed by atoms with van der Waals surface area (Å²) >= 11 is 1.33. The number of aromatic carboxylic acids is 1. The summed E-state index contributed by atoms with van der Waals surface area (Å²) in [6.07, 6.45) is 5.98. The van der Waals surface area contributed by atoms with Gasteiger partial charge in [-0.3, -0.25) is 9.59 Å². The van der Waals surface area contributed by atoms with Crippen molar-refractivity contribution in [2.45, 2.75) is 44.9 Å². The number of nitrogens with zero attached hydrogens (tertiary/aromatic N) is 1. The van der Waals surface area contributed by atoms with Crippen molar-refractivity contribution < 1.29 is 19.5 Å². The van der Waals surface area contributed by atoms with Gasteiger partial charge in [0.1, 0.15) is 5.00 Å². The number of fused-ring (bicyclic) bond motifs is 2. The molecular weight excluding hydrogens is 302 g/mol. The molecule has 0 spiro atoms. The van der Waals surface area contributed by atoms with Crippen molar-refractivity contribution in [1.29, 1.82) is 0 Å². The quantitative estimate of drug-likeness (QED) is 0.850. The Bertz CT molecular complexity index is 669. The first-order valence-electron chi connectivity index (χ1n) is 7.85. The molecule has 2 aliphatic carbocycles. The van der Waals surface area contributed by atoms with E-state index in [1.165, 1.54) is 16.2 Å². The number of hydrogen-bond acceptors (Lipinski definition) is 4. The molecule has 6 heteroatoms. The molecular formula is C16H17NO4S. The second-order valence-corrected chi connectivity index (χ2v) is 7.44. The van der Waals surface area contributed by atoms with Gasteiger partial charge in [0.2, 0.25) is 11.8 Å². The van der Waals surface area contributed by atoms with Gasteiger partial charge in [0, 0.05) is 4.88 Å². The molecule has 0 bridgehead atoms. The number of aryl methyl sites for hydroxylation is 1. The third-order valence-electron chi connectivity index (χ3n) is 5.16. The Balaban J connectivity index is 1.81. The Morgan fingerprint density at radius 3 is 2.27 bits per heavy atom. The number of amides is 2. The fraction of sp³-hybridized carbons (Fsp3) is 0.562. The van der Waals surface area contributed by atoms with E-state index >= 15 is 0 Å². The highest BCUT2D eigenvalue weighted by Gasteiger charge is 2.50. The Morgan fingerprint density at radius 1 is 1.05 bits per heavy atom. The molecule has 22 heavy (non-hydrogen) atoms. The molecule has 1 N–H and O–H groups in total. The highest BCUT2D eigenvalue weighted by molar-refractivity contribution is 7.17. The first-order chi connectivity index (χ1) is 10.6. The van der Waals surface area contributed by atoms with Gasteiger partial charge in [0.05, 0.1) is 17.4 Å². The maximum absolute atomic E-state index is 12.7. The van der Waals surface area contributed by atoms with Gasteiger partial charge in [-0.25, -0.2) is 9.69 Å². The minimum atomic E-state index is -1.02. The van der Waals surface area contributed by atoms with E-state index in [4.69, 9.17) is 0 Å². The van der Waals surface area contributed by atoms with E-state index in [0.717, 1.165) is 55.4 Å². The van der Waals surface area contributed by atoms with Crippen LogP contribution in [0.3, 0.4) is 0 Å². The molecule has 0 radical (unpaired) electrons. The molecule has 2 fully saturated rings. The predicted octanol–water partition coefficient (Wildman–Crippen LogP) is 2.61. The van der Waals surface area contributed by atoms with Crippen molar-refractivity contribution in [3.63, 3.8) is 0 Å². The first-order valence-corrected chi connectivity index (χ1v) is 8.67. The predicted molar refractivity (Wildman–Crippen MR) is 81.2 cm³/mol. The summed E-state index contributed by atoms with van der Waals surface area (Å²) in [4.78, 5) is 39.3. The number of thiophene rings is 1. The normalized spacial score (nSPS) is 27.2. The maximum atomic E-state index is 12.7. The van der Waals surface area contributed by atoms with Crippen LogP contribution in [-0.2, 0) is 22.4 Å². The molecule has 1 aliphatic heterocycles. The van der Waals surface area contributed by atoms with Crippen LogP contribution in [0, 0.1) is 11.8 Å². The van der Waals surface area contributed by atoms with E-state index in [9.17, 15) is 19.5 Å². The van der Waals surface area contributed by atoms with Gasteiger partial charge in [-0.15, -0.1) is 11.3 Å². The average Bonchev–Trinajstić information content (AvgIpc) is 3.12. The number of anilines is 1. The van der Waals surface area contributed by atoms with Gasteiger partial charge in [-0.2, -0.15) is 0 Å². The second kappa shape index (κ2) is 4.91. The minimum absolute atomic E-state index is 0.183. The summed E-state index contributed by atoms with van der Waals surface area (Å²) < 4.78 is 0. The summed E-state index contributed by atoms with van der Waals surface area (Å²) in [5, 5.41) is 9.93. The summed E-state index contributed by atoms with van der Waals surface area (Å²) in [6, 6.07) is 0. The van der Waals surface area contributed by atoms with Gasteiger partial charge in [0.25, 0.3) is 0 Å². The van der Waals surface area contributed by atoms with Gasteiger partial charge >= 0.3 is 5.97 Å². The Morgan fingerprint density at radius 2 is 1.68 bits per heavy atom. The van der Waals surface area contributed by atoms with Crippen molar-refractivity contribution in [2.24, 2.45) is 11.8 Å². The van der Waals surface area contributed by atoms with Crippen LogP contribution in [0.5, 0.6) is 0 Å². The van der Waals surface area contributed by atoms with E-state index in [-0.39, 0.29) is 29.2 Å². The SMILES string of the molecule is O=C(O)c1c(N2C(=O)C3CCCCC3C2=O)sc2c1CCC2. The monoisotopic (exact) mass is 319 g/mol. The van der Waals surface area contributed by atoms with Gasteiger partial charge in [-0.1, -0.05) is 12.8 Å². The molecule has 0 aromatic carbocycles. The maximum Gasteiger partial charge on any atom is 0.339 e. The van der Waals surface area contributed by atoms with Crippen molar-refractivity contribution in [1.82, 2.24) is 0 Å². The van der Waals surface area contributed by atoms with E-state index < -0.39 is 5.97 Å². The molecule has 1 saturated heterocycles. The second-order valence-electron chi connectivity index (χ2n) is 6.35. The highest BCUT2D eigenvalue weighted by Crippen LogP contribution is 2.46. The van der Waals surface area contributed by atoms with Crippen LogP contribution in [0.15, 0.2) is 0 Å². The van der Waals surface area contributed by atoms with Crippen molar-refractivity contribution in [3.05, 3.63) is 16.0 Å². The van der Waals surface area contributed by atoms with Crippen LogP contribution >= 0.6 is 11.3 Å². The third kappa shape index (κ3) is 1.79. The lowest BCUT2D eigenvalue weighted by Gasteiger charge is -2.19. The van der Waals surface area contributed by atoms with Crippen molar-refractivity contribution in [3.8, 4) is 0 Å². The molecule has 1 aromatic heterocycles. The van der Waals surface area contributed by atoms with Gasteiger partial charge < -0.3 is 5.11 Å². The molecule has 1 saturated carbocycles. The minimum Gasteiger partial charge on any atom is -0.478 e. The molecule has 2 amide bonds. The molecule has 2 heterocycles. The van der Waals surface area contributed by atoms with Crippen LogP contribution in [-0.4, -0.2) is 22.9 Å².